The van der Waals surface area contributed by atoms with Crippen molar-refractivity contribution in [3.05, 3.63) is 0 Å². The van der Waals surface area contributed by atoms with E-state index in [1.54, 1.807) is 14.2 Å². The van der Waals surface area contributed by atoms with Crippen LogP contribution in [0.4, 0.5) is 0 Å². The van der Waals surface area contributed by atoms with Crippen molar-refractivity contribution >= 4 is 12.1 Å². The maximum absolute atomic E-state index is 12.3. The smallest absolute Gasteiger partial charge is 0.138 e. The molecule has 0 rings (SSSR count). The molecule has 20 heavy (non-hydrogen) atoms. The van der Waals surface area contributed by atoms with Gasteiger partial charge in [0.1, 0.15) is 12.1 Å². The average Bonchev–Trinajstić information content (AvgIpc) is 2.43. The Kier molecular flexibility index (Phi) is 8.21. The molecule has 4 unspecified atom stereocenters. The van der Waals surface area contributed by atoms with E-state index in [0.29, 0.717) is 18.8 Å². The van der Waals surface area contributed by atoms with Crippen molar-refractivity contribution in [3.8, 4) is 0 Å². The van der Waals surface area contributed by atoms with E-state index in [9.17, 15) is 9.59 Å². The monoisotopic (exact) mass is 286 g/mol. The summed E-state index contributed by atoms with van der Waals surface area (Å²) in [4.78, 5) is 23.2. The number of Topliss-reactive ketones (excluding diaryl/α,β-unsaturated/α-hetero) is 1. The largest absolute Gasteiger partial charge is 0.380 e. The average molecular weight is 286 g/mol. The Morgan fingerprint density at radius 2 is 1.75 bits per heavy atom. The topological polar surface area (TPSA) is 52.6 Å². The highest BCUT2D eigenvalue weighted by atomic mass is 16.5. The number of rotatable bonds is 10. The molecular formula is C16H30O4. The zero-order valence-electron chi connectivity index (χ0n) is 13.9. The lowest BCUT2D eigenvalue weighted by atomic mass is 9.83. The maximum atomic E-state index is 12.3. The van der Waals surface area contributed by atoms with Gasteiger partial charge in [0.2, 0.25) is 0 Å². The van der Waals surface area contributed by atoms with Crippen molar-refractivity contribution in [2.45, 2.75) is 59.2 Å². The van der Waals surface area contributed by atoms with E-state index in [4.69, 9.17) is 9.47 Å². The third-order valence-corrected chi connectivity index (χ3v) is 4.43. The van der Waals surface area contributed by atoms with E-state index >= 15 is 0 Å². The van der Waals surface area contributed by atoms with E-state index in [1.807, 2.05) is 34.6 Å². The molecule has 0 aliphatic heterocycles. The van der Waals surface area contributed by atoms with Crippen LogP contribution in [-0.4, -0.2) is 38.0 Å². The number of carbonyl (C=O) groups is 2. The number of hydrogen-bond acceptors (Lipinski definition) is 4. The lowest BCUT2D eigenvalue weighted by Crippen LogP contribution is -2.38. The zero-order chi connectivity index (χ0) is 15.9. The number of carbonyl (C=O) groups excluding carboxylic acids is 2. The molecule has 0 spiro atoms. The lowest BCUT2D eigenvalue weighted by molar-refractivity contribution is -0.132. The molecule has 118 valence electrons. The first-order valence-corrected chi connectivity index (χ1v) is 7.29. The Morgan fingerprint density at radius 1 is 1.20 bits per heavy atom. The van der Waals surface area contributed by atoms with Crippen LogP contribution >= 0.6 is 0 Å². The molecule has 0 saturated heterocycles. The van der Waals surface area contributed by atoms with Gasteiger partial charge in [0.25, 0.3) is 0 Å². The first-order chi connectivity index (χ1) is 9.23. The molecule has 0 N–H and O–H groups in total. The quantitative estimate of drug-likeness (QED) is 0.579. The molecule has 0 radical (unpaired) electrons. The van der Waals surface area contributed by atoms with Gasteiger partial charge >= 0.3 is 0 Å². The summed E-state index contributed by atoms with van der Waals surface area (Å²) in [5, 5.41) is 0. The molecule has 0 aromatic rings. The van der Waals surface area contributed by atoms with Gasteiger partial charge in [0.05, 0.1) is 11.7 Å². The van der Waals surface area contributed by atoms with Gasteiger partial charge in [-0.05, 0) is 19.3 Å². The Labute approximate surface area is 123 Å². The Hall–Kier alpha value is -0.740. The molecule has 0 bridgehead atoms. The normalized spacial score (nSPS) is 19.2. The lowest BCUT2D eigenvalue weighted by Gasteiger charge is -2.32. The molecule has 4 nitrogen and oxygen atoms in total. The van der Waals surface area contributed by atoms with Gasteiger partial charge in [0.15, 0.2) is 0 Å². The zero-order valence-corrected chi connectivity index (χ0v) is 13.9. The molecule has 0 aromatic heterocycles. The standard InChI is InChI=1S/C16H30O4/c1-11(2)15(19-6)13(4)14(18)8-9-16(5,20-7)12(3)10-17/h10-13,15H,8-9H2,1-7H3. The highest BCUT2D eigenvalue weighted by molar-refractivity contribution is 5.81. The van der Waals surface area contributed by atoms with Crippen molar-refractivity contribution in [2.75, 3.05) is 14.2 Å². The second-order valence-electron chi connectivity index (χ2n) is 6.14. The molecule has 0 amide bonds. The third-order valence-electron chi connectivity index (χ3n) is 4.43. The van der Waals surface area contributed by atoms with Crippen molar-refractivity contribution in [1.29, 1.82) is 0 Å². The van der Waals surface area contributed by atoms with Gasteiger partial charge in [-0.15, -0.1) is 0 Å². The van der Waals surface area contributed by atoms with Crippen LogP contribution in [0.15, 0.2) is 0 Å². The summed E-state index contributed by atoms with van der Waals surface area (Å²) >= 11 is 0. The maximum Gasteiger partial charge on any atom is 0.138 e. The predicted molar refractivity (Wildman–Crippen MR) is 79.7 cm³/mol. The highest BCUT2D eigenvalue weighted by Crippen LogP contribution is 2.27. The Bertz CT molecular complexity index is 314. The fourth-order valence-corrected chi connectivity index (χ4v) is 2.50. The SMILES string of the molecule is COC(C(C)C)C(C)C(=O)CCC(C)(OC)C(C)C=O. The predicted octanol–water partition coefficient (Wildman–Crippen LogP) is 2.88. The number of ether oxygens (including phenoxy) is 2. The molecule has 0 saturated carbocycles. The van der Waals surface area contributed by atoms with Crippen molar-refractivity contribution in [2.24, 2.45) is 17.8 Å². The van der Waals surface area contributed by atoms with E-state index in [-0.39, 0.29) is 23.7 Å². The minimum atomic E-state index is -0.586. The molecule has 0 fully saturated rings. The summed E-state index contributed by atoms with van der Waals surface area (Å²) in [6, 6.07) is 0. The fourth-order valence-electron chi connectivity index (χ4n) is 2.50. The van der Waals surface area contributed by atoms with Crippen LogP contribution in [-0.2, 0) is 19.1 Å². The molecule has 0 aliphatic rings. The summed E-state index contributed by atoms with van der Waals surface area (Å²) in [7, 11) is 3.22. The van der Waals surface area contributed by atoms with Crippen LogP contribution in [0.1, 0.15) is 47.5 Å². The van der Waals surface area contributed by atoms with Gasteiger partial charge in [-0.2, -0.15) is 0 Å². The van der Waals surface area contributed by atoms with Crippen LogP contribution in [0.5, 0.6) is 0 Å². The fraction of sp³-hybridized carbons (Fsp3) is 0.875. The number of aldehydes is 1. The highest BCUT2D eigenvalue weighted by Gasteiger charge is 2.33. The van der Waals surface area contributed by atoms with Gasteiger partial charge in [-0.1, -0.05) is 27.7 Å². The van der Waals surface area contributed by atoms with Gasteiger partial charge < -0.3 is 14.3 Å². The van der Waals surface area contributed by atoms with Gasteiger partial charge in [-0.3, -0.25) is 4.79 Å². The summed E-state index contributed by atoms with van der Waals surface area (Å²) in [5.41, 5.74) is -0.586. The second kappa shape index (κ2) is 8.53. The first-order valence-electron chi connectivity index (χ1n) is 7.29. The van der Waals surface area contributed by atoms with Crippen molar-refractivity contribution in [1.82, 2.24) is 0 Å². The number of hydrogen-bond donors (Lipinski definition) is 0. The summed E-state index contributed by atoms with van der Waals surface area (Å²) in [5.74, 6) is 0.0696. The van der Waals surface area contributed by atoms with E-state index in [0.717, 1.165) is 6.29 Å². The number of methoxy groups -OCH3 is 2. The van der Waals surface area contributed by atoms with E-state index in [2.05, 4.69) is 0 Å². The molecule has 0 aliphatic carbocycles. The van der Waals surface area contributed by atoms with Crippen LogP contribution in [0.25, 0.3) is 0 Å². The molecule has 4 heteroatoms. The van der Waals surface area contributed by atoms with Crippen LogP contribution < -0.4 is 0 Å². The minimum absolute atomic E-state index is 0.0696. The van der Waals surface area contributed by atoms with E-state index < -0.39 is 5.60 Å². The number of ketones is 1. The van der Waals surface area contributed by atoms with Crippen LogP contribution in [0.3, 0.4) is 0 Å². The van der Waals surface area contributed by atoms with Crippen LogP contribution in [0, 0.1) is 17.8 Å². The first kappa shape index (κ1) is 19.3. The summed E-state index contributed by atoms with van der Waals surface area (Å²) in [6.45, 7) is 9.69. The van der Waals surface area contributed by atoms with Gasteiger partial charge in [-0.25, -0.2) is 0 Å². The van der Waals surface area contributed by atoms with Gasteiger partial charge in [0, 0.05) is 32.5 Å². The Balaban J connectivity index is 4.64. The van der Waals surface area contributed by atoms with Crippen molar-refractivity contribution < 1.29 is 19.1 Å². The van der Waals surface area contributed by atoms with Crippen LogP contribution in [0.2, 0.25) is 0 Å². The molecule has 0 aromatic carbocycles. The van der Waals surface area contributed by atoms with Crippen molar-refractivity contribution in [3.63, 3.8) is 0 Å². The second-order valence-corrected chi connectivity index (χ2v) is 6.14. The minimum Gasteiger partial charge on any atom is -0.380 e. The summed E-state index contributed by atoms with van der Waals surface area (Å²) in [6.07, 6.45) is 1.75. The molecular weight excluding hydrogens is 256 g/mol. The third kappa shape index (κ3) is 4.98. The van der Waals surface area contributed by atoms with E-state index in [1.165, 1.54) is 0 Å². The molecule has 4 atom stereocenters. The summed E-state index contributed by atoms with van der Waals surface area (Å²) < 4.78 is 10.9. The molecule has 0 heterocycles. The Morgan fingerprint density at radius 3 is 2.10 bits per heavy atom.